The molecule has 0 aromatic rings. The molecule has 1 fully saturated rings. The third-order valence-corrected chi connectivity index (χ3v) is 1.78. The molecule has 0 aromatic heterocycles. The summed E-state index contributed by atoms with van der Waals surface area (Å²) < 4.78 is 0. The molecule has 68 valence electrons. The SMILES string of the molecule is CN(C)NC(=O)[C@@H]1C[C@@H]1C(=O)O. The molecule has 0 heterocycles. The van der Waals surface area contributed by atoms with Crippen LogP contribution in [-0.4, -0.2) is 36.1 Å². The molecule has 12 heavy (non-hydrogen) atoms. The van der Waals surface area contributed by atoms with Crippen molar-refractivity contribution in [3.63, 3.8) is 0 Å². The van der Waals surface area contributed by atoms with Gasteiger partial charge in [-0.15, -0.1) is 0 Å². The van der Waals surface area contributed by atoms with Crippen molar-refractivity contribution in [1.29, 1.82) is 0 Å². The minimum Gasteiger partial charge on any atom is -0.481 e. The van der Waals surface area contributed by atoms with Crippen LogP contribution >= 0.6 is 0 Å². The number of carboxylic acids is 1. The number of nitrogens with one attached hydrogen (secondary N) is 1. The molecule has 1 saturated carbocycles. The maximum absolute atomic E-state index is 11.1. The fraction of sp³-hybridized carbons (Fsp3) is 0.714. The van der Waals surface area contributed by atoms with Crippen LogP contribution in [-0.2, 0) is 9.59 Å². The van der Waals surface area contributed by atoms with Crippen LogP contribution in [0.4, 0.5) is 0 Å². The lowest BCUT2D eigenvalue weighted by atomic mass is 10.3. The summed E-state index contributed by atoms with van der Waals surface area (Å²) in [6, 6.07) is 0. The average Bonchev–Trinajstić information content (AvgIpc) is 2.61. The van der Waals surface area contributed by atoms with Crippen molar-refractivity contribution >= 4 is 11.9 Å². The Balaban J connectivity index is 2.33. The second-order valence-electron chi connectivity index (χ2n) is 3.16. The summed E-state index contributed by atoms with van der Waals surface area (Å²) in [6.45, 7) is 0. The second-order valence-corrected chi connectivity index (χ2v) is 3.16. The van der Waals surface area contributed by atoms with E-state index in [-0.39, 0.29) is 11.8 Å². The largest absolute Gasteiger partial charge is 0.481 e. The third kappa shape index (κ3) is 1.94. The van der Waals surface area contributed by atoms with Crippen molar-refractivity contribution in [3.05, 3.63) is 0 Å². The van der Waals surface area contributed by atoms with Crippen molar-refractivity contribution < 1.29 is 14.7 Å². The van der Waals surface area contributed by atoms with Gasteiger partial charge in [-0.05, 0) is 6.42 Å². The molecule has 1 rings (SSSR count). The first kappa shape index (κ1) is 8.99. The van der Waals surface area contributed by atoms with Gasteiger partial charge in [0.05, 0.1) is 11.8 Å². The Morgan fingerprint density at radius 2 is 2.00 bits per heavy atom. The number of rotatable bonds is 3. The van der Waals surface area contributed by atoms with Crippen LogP contribution in [0, 0.1) is 11.8 Å². The lowest BCUT2D eigenvalue weighted by Crippen LogP contribution is -2.37. The van der Waals surface area contributed by atoms with Gasteiger partial charge in [0.15, 0.2) is 0 Å². The Morgan fingerprint density at radius 3 is 2.33 bits per heavy atom. The van der Waals surface area contributed by atoms with Crippen LogP contribution in [0.1, 0.15) is 6.42 Å². The minimum atomic E-state index is -0.881. The Hall–Kier alpha value is -1.10. The molecule has 0 saturated heterocycles. The molecule has 2 atom stereocenters. The van der Waals surface area contributed by atoms with Crippen LogP contribution in [0.25, 0.3) is 0 Å². The standard InChI is InChI=1S/C7H12N2O3/c1-9(2)8-6(10)4-3-5(4)7(11)12/h4-5H,3H2,1-2H3,(H,8,10)(H,11,12)/t4-,5+/m1/s1. The molecular formula is C7H12N2O3. The maximum Gasteiger partial charge on any atom is 0.307 e. The zero-order valence-electron chi connectivity index (χ0n) is 7.07. The van der Waals surface area contributed by atoms with E-state index in [4.69, 9.17) is 5.11 Å². The van der Waals surface area contributed by atoms with E-state index in [0.29, 0.717) is 6.42 Å². The lowest BCUT2D eigenvalue weighted by Gasteiger charge is -2.10. The summed E-state index contributed by atoms with van der Waals surface area (Å²) in [6.07, 6.45) is 0.467. The van der Waals surface area contributed by atoms with Crippen LogP contribution < -0.4 is 5.43 Å². The molecule has 1 aliphatic rings. The highest BCUT2D eigenvalue weighted by Crippen LogP contribution is 2.38. The van der Waals surface area contributed by atoms with Crippen LogP contribution in [0.3, 0.4) is 0 Å². The molecule has 0 radical (unpaired) electrons. The van der Waals surface area contributed by atoms with E-state index in [1.54, 1.807) is 14.1 Å². The number of carboxylic acid groups (broad SMARTS) is 1. The third-order valence-electron chi connectivity index (χ3n) is 1.78. The van der Waals surface area contributed by atoms with Gasteiger partial charge in [0, 0.05) is 14.1 Å². The summed E-state index contributed by atoms with van der Waals surface area (Å²) in [7, 11) is 3.38. The zero-order valence-corrected chi connectivity index (χ0v) is 7.07. The highest BCUT2D eigenvalue weighted by atomic mass is 16.4. The quantitative estimate of drug-likeness (QED) is 0.552. The molecule has 0 aliphatic heterocycles. The fourth-order valence-electron chi connectivity index (χ4n) is 1.06. The molecule has 2 N–H and O–H groups in total. The first-order valence-electron chi connectivity index (χ1n) is 3.73. The molecule has 5 heteroatoms. The lowest BCUT2D eigenvalue weighted by molar-refractivity contribution is -0.140. The van der Waals surface area contributed by atoms with Crippen molar-refractivity contribution in [2.45, 2.75) is 6.42 Å². The topological polar surface area (TPSA) is 69.6 Å². The predicted molar refractivity (Wildman–Crippen MR) is 41.1 cm³/mol. The first-order valence-corrected chi connectivity index (χ1v) is 3.73. The summed E-state index contributed by atoms with van der Waals surface area (Å²) in [5, 5.41) is 10.0. The van der Waals surface area contributed by atoms with Crippen molar-refractivity contribution in [2.24, 2.45) is 11.8 Å². The molecule has 0 unspecified atom stereocenters. The van der Waals surface area contributed by atoms with E-state index in [9.17, 15) is 9.59 Å². The van der Waals surface area contributed by atoms with E-state index in [2.05, 4.69) is 5.43 Å². The zero-order chi connectivity index (χ0) is 9.30. The summed E-state index contributed by atoms with van der Waals surface area (Å²) >= 11 is 0. The van der Waals surface area contributed by atoms with Crippen molar-refractivity contribution in [1.82, 2.24) is 10.4 Å². The fourth-order valence-corrected chi connectivity index (χ4v) is 1.06. The molecule has 1 aliphatic carbocycles. The minimum absolute atomic E-state index is 0.201. The average molecular weight is 172 g/mol. The van der Waals surface area contributed by atoms with Crippen molar-refractivity contribution in [3.8, 4) is 0 Å². The smallest absolute Gasteiger partial charge is 0.307 e. The number of carbonyl (C=O) groups is 2. The number of carbonyl (C=O) groups excluding carboxylic acids is 1. The Morgan fingerprint density at radius 1 is 1.42 bits per heavy atom. The van der Waals surface area contributed by atoms with Gasteiger partial charge < -0.3 is 5.11 Å². The summed E-state index contributed by atoms with van der Waals surface area (Å²) in [5.74, 6) is -1.88. The van der Waals surface area contributed by atoms with Gasteiger partial charge in [-0.2, -0.15) is 0 Å². The summed E-state index contributed by atoms with van der Waals surface area (Å²) in [5.41, 5.74) is 2.52. The maximum atomic E-state index is 11.1. The number of hydrogen-bond acceptors (Lipinski definition) is 3. The van der Waals surface area contributed by atoms with Crippen molar-refractivity contribution in [2.75, 3.05) is 14.1 Å². The van der Waals surface area contributed by atoms with Gasteiger partial charge in [-0.25, -0.2) is 5.01 Å². The number of hydrogen-bond donors (Lipinski definition) is 2. The molecular weight excluding hydrogens is 160 g/mol. The highest BCUT2D eigenvalue weighted by molar-refractivity contribution is 5.89. The Bertz CT molecular complexity index is 215. The number of amides is 1. The van der Waals surface area contributed by atoms with Gasteiger partial charge in [-0.1, -0.05) is 0 Å². The van der Waals surface area contributed by atoms with Gasteiger partial charge in [0.1, 0.15) is 0 Å². The molecule has 0 spiro atoms. The van der Waals surface area contributed by atoms with E-state index < -0.39 is 11.9 Å². The highest BCUT2D eigenvalue weighted by Gasteiger charge is 2.48. The summed E-state index contributed by atoms with van der Waals surface area (Å²) in [4.78, 5) is 21.5. The normalized spacial score (nSPS) is 26.9. The van der Waals surface area contributed by atoms with E-state index in [1.807, 2.05) is 0 Å². The molecule has 1 amide bonds. The van der Waals surface area contributed by atoms with E-state index in [1.165, 1.54) is 5.01 Å². The van der Waals surface area contributed by atoms with E-state index in [0.717, 1.165) is 0 Å². The number of nitrogens with zero attached hydrogens (tertiary/aromatic N) is 1. The van der Waals surface area contributed by atoms with Gasteiger partial charge in [0.25, 0.3) is 0 Å². The molecule has 5 nitrogen and oxygen atoms in total. The van der Waals surface area contributed by atoms with E-state index >= 15 is 0 Å². The van der Waals surface area contributed by atoms with Gasteiger partial charge >= 0.3 is 5.97 Å². The van der Waals surface area contributed by atoms with Crippen LogP contribution in [0.5, 0.6) is 0 Å². The second kappa shape index (κ2) is 3.10. The Labute approximate surface area is 70.3 Å². The molecule has 0 aromatic carbocycles. The van der Waals surface area contributed by atoms with Gasteiger partial charge in [-0.3, -0.25) is 15.0 Å². The van der Waals surface area contributed by atoms with Gasteiger partial charge in [0.2, 0.25) is 5.91 Å². The Kier molecular flexibility index (Phi) is 2.32. The van der Waals surface area contributed by atoms with Crippen LogP contribution in [0.15, 0.2) is 0 Å². The number of aliphatic carboxylic acids is 1. The first-order chi connectivity index (χ1) is 5.52. The number of hydrazine groups is 1. The van der Waals surface area contributed by atoms with Crippen LogP contribution in [0.2, 0.25) is 0 Å². The monoisotopic (exact) mass is 172 g/mol. The predicted octanol–water partition coefficient (Wildman–Crippen LogP) is -0.700. The molecule has 0 bridgehead atoms.